The van der Waals surface area contributed by atoms with E-state index in [1.165, 1.54) is 24.7 Å². The van der Waals surface area contributed by atoms with Crippen LogP contribution in [0.4, 0.5) is 13.2 Å². The minimum absolute atomic E-state index is 0.176. The molecule has 0 bridgehead atoms. The number of fused-ring (bicyclic) bond motifs is 2. The maximum absolute atomic E-state index is 12.2. The minimum atomic E-state index is -5.08. The third-order valence-corrected chi connectivity index (χ3v) is 8.90. The molecule has 2 aliphatic heterocycles. The second kappa shape index (κ2) is 13.2. The molecule has 0 amide bonds. The molecule has 0 aromatic heterocycles. The molecule has 4 aromatic rings. The maximum atomic E-state index is 12.2. The lowest BCUT2D eigenvalue weighted by molar-refractivity contribution is -0.192. The van der Waals surface area contributed by atoms with Gasteiger partial charge in [0, 0.05) is 22.9 Å². The maximum Gasteiger partial charge on any atom is 0.490 e. The SMILES string of the molecule is O=C(O)C(F)(F)F.O=S1(=O)C=Cc2cc(-c3ccc4cc(O)ccc4c3Oc3ccc(OCCN4CCCCC4)cc3)ccc21. The number of likely N-dealkylation sites (tertiary alicyclic amines) is 1. The number of sulfone groups is 1. The Labute approximate surface area is 257 Å². The van der Waals surface area contributed by atoms with Crippen molar-refractivity contribution in [2.24, 2.45) is 0 Å². The highest BCUT2D eigenvalue weighted by molar-refractivity contribution is 7.94. The minimum Gasteiger partial charge on any atom is -0.508 e. The summed E-state index contributed by atoms with van der Waals surface area (Å²) in [6.07, 6.45) is 0.397. The van der Waals surface area contributed by atoms with Crippen LogP contribution in [0.5, 0.6) is 23.0 Å². The van der Waals surface area contributed by atoms with E-state index in [1.807, 2.05) is 48.5 Å². The van der Waals surface area contributed by atoms with Gasteiger partial charge in [0.25, 0.3) is 0 Å². The van der Waals surface area contributed by atoms with E-state index in [2.05, 4.69) is 4.90 Å². The molecule has 8 nitrogen and oxygen atoms in total. The number of carbonyl (C=O) groups is 1. The Hall–Kier alpha value is -4.55. The molecule has 1 fully saturated rings. The van der Waals surface area contributed by atoms with Gasteiger partial charge in [-0.2, -0.15) is 13.2 Å². The zero-order valence-corrected chi connectivity index (χ0v) is 24.8. The average molecular weight is 642 g/mol. The van der Waals surface area contributed by atoms with Gasteiger partial charge in [-0.3, -0.25) is 4.90 Å². The number of nitrogens with zero attached hydrogens (tertiary/aromatic N) is 1. The van der Waals surface area contributed by atoms with Crippen molar-refractivity contribution in [2.45, 2.75) is 30.3 Å². The van der Waals surface area contributed by atoms with E-state index in [1.54, 1.807) is 30.3 Å². The first-order chi connectivity index (χ1) is 21.4. The number of halogens is 3. The number of hydrogen-bond acceptors (Lipinski definition) is 7. The van der Waals surface area contributed by atoms with Crippen LogP contribution in [0.3, 0.4) is 0 Å². The molecule has 2 N–H and O–H groups in total. The number of alkyl halides is 3. The van der Waals surface area contributed by atoms with Crippen LogP contribution >= 0.6 is 0 Å². The van der Waals surface area contributed by atoms with E-state index >= 15 is 0 Å². The first kappa shape index (κ1) is 31.9. The Balaban J connectivity index is 0.000000515. The van der Waals surface area contributed by atoms with Crippen molar-refractivity contribution in [3.63, 3.8) is 0 Å². The third-order valence-electron chi connectivity index (χ3n) is 7.42. The molecule has 0 aliphatic carbocycles. The molecular weight excluding hydrogens is 611 g/mol. The van der Waals surface area contributed by atoms with Crippen LogP contribution in [-0.4, -0.2) is 61.9 Å². The number of phenols is 1. The lowest BCUT2D eigenvalue weighted by atomic mass is 9.98. The number of carboxylic acid groups (broad SMARTS) is 1. The Morgan fingerprint density at radius 2 is 1.58 bits per heavy atom. The van der Waals surface area contributed by atoms with Crippen LogP contribution in [0, 0.1) is 0 Å². The first-order valence-electron chi connectivity index (χ1n) is 14.2. The normalized spacial score (nSPS) is 15.6. The standard InChI is InChI=1S/C31H29NO5S.C2HF3O2/c33-25-6-12-29-23(21-25)4-11-28(22-5-13-30-24(20-22)14-19-38(30,34)35)31(29)37-27-9-7-26(8-10-27)36-18-17-32-15-2-1-3-16-32;3-2(4,5)1(6)7/h4-14,19-21,33H,1-3,15-18H2;(H,6,7). The molecule has 6 rings (SSSR count). The molecule has 236 valence electrons. The van der Waals surface area contributed by atoms with E-state index < -0.39 is 22.0 Å². The zero-order chi connectivity index (χ0) is 32.2. The van der Waals surface area contributed by atoms with Gasteiger partial charge in [-0.25, -0.2) is 13.2 Å². The molecule has 2 aliphatic rings. The lowest BCUT2D eigenvalue weighted by Gasteiger charge is -2.26. The molecule has 4 aromatic carbocycles. The number of rotatable bonds is 7. The summed E-state index contributed by atoms with van der Waals surface area (Å²) in [6, 6.07) is 21.9. The fourth-order valence-corrected chi connectivity index (χ4v) is 6.35. The summed E-state index contributed by atoms with van der Waals surface area (Å²) in [4.78, 5) is 11.7. The lowest BCUT2D eigenvalue weighted by Crippen LogP contribution is -2.33. The number of ether oxygens (including phenoxy) is 2. The summed E-state index contributed by atoms with van der Waals surface area (Å²) in [5.41, 5.74) is 2.32. The monoisotopic (exact) mass is 641 g/mol. The molecule has 0 unspecified atom stereocenters. The number of piperidine rings is 1. The van der Waals surface area contributed by atoms with Crippen molar-refractivity contribution in [3.8, 4) is 34.1 Å². The quantitative estimate of drug-likeness (QED) is 0.217. The van der Waals surface area contributed by atoms with Gasteiger partial charge >= 0.3 is 12.1 Å². The summed E-state index contributed by atoms with van der Waals surface area (Å²) in [6.45, 7) is 3.89. The van der Waals surface area contributed by atoms with Crippen LogP contribution in [0.2, 0.25) is 0 Å². The number of hydrogen-bond donors (Lipinski definition) is 2. The van der Waals surface area contributed by atoms with Crippen LogP contribution < -0.4 is 9.47 Å². The number of aromatic hydroxyl groups is 1. The fourth-order valence-electron chi connectivity index (χ4n) is 5.16. The Morgan fingerprint density at radius 1 is 0.889 bits per heavy atom. The van der Waals surface area contributed by atoms with Gasteiger partial charge in [-0.15, -0.1) is 0 Å². The highest BCUT2D eigenvalue weighted by atomic mass is 32.2. The van der Waals surface area contributed by atoms with Crippen molar-refractivity contribution < 1.29 is 46.1 Å². The van der Waals surface area contributed by atoms with Crippen molar-refractivity contribution in [2.75, 3.05) is 26.2 Å². The summed E-state index contributed by atoms with van der Waals surface area (Å²) >= 11 is 0. The summed E-state index contributed by atoms with van der Waals surface area (Å²) < 4.78 is 68.6. The van der Waals surface area contributed by atoms with E-state index in [-0.39, 0.29) is 5.75 Å². The first-order valence-corrected chi connectivity index (χ1v) is 15.7. The van der Waals surface area contributed by atoms with Crippen molar-refractivity contribution >= 4 is 32.7 Å². The van der Waals surface area contributed by atoms with Gasteiger partial charge in [0.1, 0.15) is 29.6 Å². The molecule has 1 saturated heterocycles. The second-order valence-electron chi connectivity index (χ2n) is 10.6. The molecule has 45 heavy (non-hydrogen) atoms. The highest BCUT2D eigenvalue weighted by Crippen LogP contribution is 2.42. The molecule has 12 heteroatoms. The van der Waals surface area contributed by atoms with Gasteiger partial charge < -0.3 is 19.7 Å². The predicted octanol–water partition coefficient (Wildman–Crippen LogP) is 7.26. The van der Waals surface area contributed by atoms with Crippen molar-refractivity contribution in [3.05, 3.63) is 83.8 Å². The van der Waals surface area contributed by atoms with Crippen LogP contribution in [0.15, 0.2) is 83.1 Å². The molecule has 0 spiro atoms. The Bertz CT molecular complexity index is 1830. The summed E-state index contributed by atoms with van der Waals surface area (Å²) in [5, 5.41) is 20.1. The van der Waals surface area contributed by atoms with Gasteiger partial charge in [-0.05, 0) is 109 Å². The average Bonchev–Trinajstić information content (AvgIpc) is 3.32. The molecular formula is C33H30F3NO7S. The molecule has 0 atom stereocenters. The highest BCUT2D eigenvalue weighted by Gasteiger charge is 2.38. The van der Waals surface area contributed by atoms with E-state index in [4.69, 9.17) is 19.4 Å². The van der Waals surface area contributed by atoms with Crippen LogP contribution in [-0.2, 0) is 14.6 Å². The van der Waals surface area contributed by atoms with Gasteiger partial charge in [0.15, 0.2) is 9.84 Å². The van der Waals surface area contributed by atoms with Gasteiger partial charge in [-0.1, -0.05) is 18.6 Å². The number of carboxylic acids is 1. The molecule has 0 radical (unpaired) electrons. The number of aliphatic carboxylic acids is 1. The van der Waals surface area contributed by atoms with E-state index in [0.717, 1.165) is 47.3 Å². The largest absolute Gasteiger partial charge is 0.508 e. The van der Waals surface area contributed by atoms with Crippen molar-refractivity contribution in [1.29, 1.82) is 0 Å². The van der Waals surface area contributed by atoms with E-state index in [9.17, 15) is 26.7 Å². The Morgan fingerprint density at radius 3 is 2.27 bits per heavy atom. The zero-order valence-electron chi connectivity index (χ0n) is 24.0. The summed E-state index contributed by atoms with van der Waals surface area (Å²) in [5.74, 6) is -0.503. The topological polar surface area (TPSA) is 113 Å². The predicted molar refractivity (Wildman–Crippen MR) is 163 cm³/mol. The number of benzene rings is 4. The number of phenolic OH excluding ortho intramolecular Hbond substituents is 1. The fraction of sp³-hybridized carbons (Fsp3) is 0.242. The smallest absolute Gasteiger partial charge is 0.490 e. The second-order valence-corrected chi connectivity index (χ2v) is 12.4. The Kier molecular flexibility index (Phi) is 9.35. The van der Waals surface area contributed by atoms with Crippen LogP contribution in [0.25, 0.3) is 28.0 Å². The third kappa shape index (κ3) is 7.76. The van der Waals surface area contributed by atoms with Crippen LogP contribution in [0.1, 0.15) is 24.8 Å². The van der Waals surface area contributed by atoms with Gasteiger partial charge in [0.05, 0.1) is 4.90 Å². The van der Waals surface area contributed by atoms with Crippen molar-refractivity contribution in [1.82, 2.24) is 4.90 Å². The van der Waals surface area contributed by atoms with Gasteiger partial charge in [0.2, 0.25) is 0 Å². The van der Waals surface area contributed by atoms with E-state index in [0.29, 0.717) is 28.6 Å². The summed E-state index contributed by atoms with van der Waals surface area (Å²) in [7, 11) is -3.37. The molecule has 2 heterocycles. The molecule has 0 saturated carbocycles.